The first-order valence-corrected chi connectivity index (χ1v) is 15.7. The van der Waals surface area contributed by atoms with Crippen molar-refractivity contribution in [1.29, 1.82) is 0 Å². The molecule has 0 spiro atoms. The van der Waals surface area contributed by atoms with Crippen molar-refractivity contribution in [2.45, 2.75) is 0 Å². The number of nitrogens with zero attached hydrogens (tertiary/aromatic N) is 3. The Morgan fingerprint density at radius 3 is 1.62 bits per heavy atom. The molecule has 2 heterocycles. The molecule has 0 amide bonds. The van der Waals surface area contributed by atoms with Gasteiger partial charge in [0.2, 0.25) is 0 Å². The number of rotatable bonds is 5. The van der Waals surface area contributed by atoms with Crippen LogP contribution >= 0.6 is 0 Å². The van der Waals surface area contributed by atoms with Gasteiger partial charge in [-0.05, 0) is 39.8 Å². The average molecular weight is 602 g/mol. The molecule has 0 aliphatic carbocycles. The third-order valence-corrected chi connectivity index (χ3v) is 8.73. The molecule has 9 aromatic rings. The lowest BCUT2D eigenvalue weighted by Crippen LogP contribution is -2.01. The van der Waals surface area contributed by atoms with E-state index in [9.17, 15) is 0 Å². The largest absolute Gasteiger partial charge is 0.455 e. The summed E-state index contributed by atoms with van der Waals surface area (Å²) in [5.41, 5.74) is 8.85. The highest BCUT2D eigenvalue weighted by Crippen LogP contribution is 2.44. The normalized spacial score (nSPS) is 11.4. The second-order valence-corrected chi connectivity index (χ2v) is 11.6. The predicted molar refractivity (Wildman–Crippen MR) is 192 cm³/mol. The van der Waals surface area contributed by atoms with Crippen LogP contribution in [0.4, 0.5) is 0 Å². The maximum Gasteiger partial charge on any atom is 0.164 e. The molecule has 4 nitrogen and oxygen atoms in total. The minimum absolute atomic E-state index is 0.597. The molecule has 2 aromatic heterocycles. The maximum absolute atomic E-state index is 6.73. The van der Waals surface area contributed by atoms with E-state index in [0.29, 0.717) is 17.5 Å². The summed E-state index contributed by atoms with van der Waals surface area (Å²) in [5.74, 6) is 1.83. The SMILES string of the molecule is c1ccc(-c2nc(-c3ccccc3-c3ccccc3)nc(-c3cc4cccc(-c5ccccc5)c4c4oc5ccccc5c34)n2)cc1. The van der Waals surface area contributed by atoms with E-state index in [1.165, 1.54) is 0 Å². The van der Waals surface area contributed by atoms with E-state index in [-0.39, 0.29) is 0 Å². The number of para-hydroxylation sites is 1. The van der Waals surface area contributed by atoms with Crippen molar-refractivity contribution in [2.24, 2.45) is 0 Å². The molecule has 0 fully saturated rings. The minimum atomic E-state index is 0.597. The molecule has 0 aliphatic rings. The zero-order chi connectivity index (χ0) is 31.2. The zero-order valence-corrected chi connectivity index (χ0v) is 25.3. The second kappa shape index (κ2) is 11.2. The van der Waals surface area contributed by atoms with Crippen LogP contribution in [0.15, 0.2) is 168 Å². The maximum atomic E-state index is 6.73. The van der Waals surface area contributed by atoms with Crippen LogP contribution in [-0.4, -0.2) is 15.0 Å². The number of furan rings is 1. The van der Waals surface area contributed by atoms with Gasteiger partial charge < -0.3 is 4.42 Å². The molecule has 0 saturated carbocycles. The number of hydrogen-bond donors (Lipinski definition) is 0. The van der Waals surface area contributed by atoms with Crippen LogP contribution in [0.25, 0.3) is 89.1 Å². The Morgan fingerprint density at radius 1 is 0.362 bits per heavy atom. The Balaban J connectivity index is 1.37. The Labute approximate surface area is 271 Å². The quantitative estimate of drug-likeness (QED) is 0.197. The zero-order valence-electron chi connectivity index (χ0n) is 25.3. The first kappa shape index (κ1) is 27.0. The predicted octanol–water partition coefficient (Wildman–Crippen LogP) is 11.3. The summed E-state index contributed by atoms with van der Waals surface area (Å²) in [7, 11) is 0. The van der Waals surface area contributed by atoms with Gasteiger partial charge in [0, 0.05) is 32.8 Å². The van der Waals surface area contributed by atoms with Crippen LogP contribution in [0.5, 0.6) is 0 Å². The Hall–Kier alpha value is -6.39. The number of aromatic nitrogens is 3. The van der Waals surface area contributed by atoms with Crippen LogP contribution < -0.4 is 0 Å². The third-order valence-electron chi connectivity index (χ3n) is 8.73. The standard InChI is InChI=1S/C43H27N3O/c1-4-15-28(16-5-1)32-22-10-11-23-34(32)42-44-41(30-19-8-3-9-20-30)45-43(46-42)36-27-31-21-14-25-33(29-17-6-2-7-18-29)38(31)40-39(36)35-24-12-13-26-37(35)47-40/h1-27H. The van der Waals surface area contributed by atoms with Crippen LogP contribution in [0.1, 0.15) is 0 Å². The summed E-state index contributed by atoms with van der Waals surface area (Å²) in [5, 5.41) is 4.14. The van der Waals surface area contributed by atoms with E-state index in [1.807, 2.05) is 60.7 Å². The van der Waals surface area contributed by atoms with Gasteiger partial charge in [-0.1, -0.05) is 152 Å². The van der Waals surface area contributed by atoms with Gasteiger partial charge in [0.1, 0.15) is 11.2 Å². The van der Waals surface area contributed by atoms with Gasteiger partial charge in [-0.15, -0.1) is 0 Å². The molecule has 0 atom stereocenters. The Bertz CT molecular complexity index is 2560. The fraction of sp³-hybridized carbons (Fsp3) is 0. The fourth-order valence-corrected chi connectivity index (χ4v) is 6.58. The van der Waals surface area contributed by atoms with Crippen LogP contribution in [-0.2, 0) is 0 Å². The van der Waals surface area contributed by atoms with E-state index in [2.05, 4.69) is 103 Å². The van der Waals surface area contributed by atoms with E-state index in [0.717, 1.165) is 71.7 Å². The van der Waals surface area contributed by atoms with Gasteiger partial charge in [-0.25, -0.2) is 15.0 Å². The number of fused-ring (bicyclic) bond motifs is 5. The van der Waals surface area contributed by atoms with Crippen molar-refractivity contribution in [3.8, 4) is 56.4 Å². The monoisotopic (exact) mass is 601 g/mol. The van der Waals surface area contributed by atoms with Crippen LogP contribution in [0.2, 0.25) is 0 Å². The molecule has 0 radical (unpaired) electrons. The van der Waals surface area contributed by atoms with E-state index in [4.69, 9.17) is 19.4 Å². The lowest BCUT2D eigenvalue weighted by molar-refractivity contribution is 0.673. The summed E-state index contributed by atoms with van der Waals surface area (Å²) in [6.07, 6.45) is 0. The molecule has 9 rings (SSSR count). The third kappa shape index (κ3) is 4.66. The molecule has 0 bridgehead atoms. The van der Waals surface area contributed by atoms with Gasteiger partial charge in [-0.3, -0.25) is 0 Å². The summed E-state index contributed by atoms with van der Waals surface area (Å²) in [4.78, 5) is 15.5. The molecular formula is C43H27N3O. The van der Waals surface area contributed by atoms with Crippen molar-refractivity contribution in [3.05, 3.63) is 164 Å². The highest BCUT2D eigenvalue weighted by Gasteiger charge is 2.22. The van der Waals surface area contributed by atoms with Crippen molar-refractivity contribution >= 4 is 32.7 Å². The molecule has 220 valence electrons. The minimum Gasteiger partial charge on any atom is -0.455 e. The fourth-order valence-electron chi connectivity index (χ4n) is 6.58. The van der Waals surface area contributed by atoms with Gasteiger partial charge >= 0.3 is 0 Å². The summed E-state index contributed by atoms with van der Waals surface area (Å²) in [6.45, 7) is 0. The Morgan fingerprint density at radius 2 is 0.894 bits per heavy atom. The van der Waals surface area contributed by atoms with E-state index >= 15 is 0 Å². The number of benzene rings is 7. The lowest BCUT2D eigenvalue weighted by Gasteiger charge is -2.14. The van der Waals surface area contributed by atoms with Crippen molar-refractivity contribution in [2.75, 3.05) is 0 Å². The number of hydrogen-bond acceptors (Lipinski definition) is 4. The first-order valence-electron chi connectivity index (χ1n) is 15.7. The molecule has 47 heavy (non-hydrogen) atoms. The highest BCUT2D eigenvalue weighted by molar-refractivity contribution is 6.23. The second-order valence-electron chi connectivity index (χ2n) is 11.6. The molecular weight excluding hydrogens is 574 g/mol. The Kier molecular flexibility index (Phi) is 6.43. The van der Waals surface area contributed by atoms with Gasteiger partial charge in [0.25, 0.3) is 0 Å². The van der Waals surface area contributed by atoms with E-state index in [1.54, 1.807) is 0 Å². The lowest BCUT2D eigenvalue weighted by atomic mass is 9.93. The molecule has 0 N–H and O–H groups in total. The van der Waals surface area contributed by atoms with Gasteiger partial charge in [0.15, 0.2) is 17.5 Å². The highest BCUT2D eigenvalue weighted by atomic mass is 16.3. The van der Waals surface area contributed by atoms with E-state index < -0.39 is 0 Å². The van der Waals surface area contributed by atoms with Gasteiger partial charge in [-0.2, -0.15) is 0 Å². The summed E-state index contributed by atoms with van der Waals surface area (Å²) >= 11 is 0. The van der Waals surface area contributed by atoms with Crippen molar-refractivity contribution < 1.29 is 4.42 Å². The van der Waals surface area contributed by atoms with Gasteiger partial charge in [0.05, 0.1) is 0 Å². The molecule has 0 saturated heterocycles. The smallest absolute Gasteiger partial charge is 0.164 e. The van der Waals surface area contributed by atoms with Crippen LogP contribution in [0, 0.1) is 0 Å². The molecule has 4 heteroatoms. The summed E-state index contributed by atoms with van der Waals surface area (Å²) in [6, 6.07) is 56.1. The van der Waals surface area contributed by atoms with Crippen molar-refractivity contribution in [1.82, 2.24) is 15.0 Å². The molecule has 0 aliphatic heterocycles. The summed E-state index contributed by atoms with van der Waals surface area (Å²) < 4.78 is 6.73. The topological polar surface area (TPSA) is 51.8 Å². The molecule has 0 unspecified atom stereocenters. The molecule has 7 aromatic carbocycles. The first-order chi connectivity index (χ1) is 23.3. The van der Waals surface area contributed by atoms with Crippen molar-refractivity contribution in [3.63, 3.8) is 0 Å². The van der Waals surface area contributed by atoms with Crippen LogP contribution in [0.3, 0.4) is 0 Å². The average Bonchev–Trinajstić information content (AvgIpc) is 3.55.